The molecule has 0 amide bonds. The second kappa shape index (κ2) is 5.83. The molecule has 2 aromatic rings. The number of likely N-dealkylation sites (N-methyl/N-ethyl adjacent to an activating group) is 1. The lowest BCUT2D eigenvalue weighted by atomic mass is 10.2. The second-order valence-corrected chi connectivity index (χ2v) is 6.99. The van der Waals surface area contributed by atoms with Gasteiger partial charge in [-0.2, -0.15) is 0 Å². The summed E-state index contributed by atoms with van der Waals surface area (Å²) in [5.41, 5.74) is 4.30. The number of fused-ring (bicyclic) bond motifs is 2. The van der Waals surface area contributed by atoms with Gasteiger partial charge in [0.15, 0.2) is 5.84 Å². The fraction of sp³-hybridized carbons (Fsp3) is 0.389. The van der Waals surface area contributed by atoms with Crippen molar-refractivity contribution >= 4 is 28.8 Å². The third-order valence-electron chi connectivity index (χ3n) is 4.89. The number of hydrogen-bond acceptors (Lipinski definition) is 4. The molecule has 2 aliphatic heterocycles. The molecule has 2 aliphatic rings. The van der Waals surface area contributed by atoms with E-state index in [9.17, 15) is 0 Å². The van der Waals surface area contributed by atoms with Crippen molar-refractivity contribution in [2.45, 2.75) is 6.92 Å². The number of rotatable bonds is 0. The molecule has 3 heterocycles. The van der Waals surface area contributed by atoms with Crippen molar-refractivity contribution in [3.05, 3.63) is 46.7 Å². The molecule has 0 N–H and O–H groups in total. The number of hydrogen-bond donors (Lipinski definition) is 0. The van der Waals surface area contributed by atoms with Crippen LogP contribution in [0.3, 0.4) is 0 Å². The van der Waals surface area contributed by atoms with Gasteiger partial charge >= 0.3 is 0 Å². The van der Waals surface area contributed by atoms with Gasteiger partial charge in [0.1, 0.15) is 5.69 Å². The van der Waals surface area contributed by atoms with Gasteiger partial charge in [0, 0.05) is 43.9 Å². The highest BCUT2D eigenvalue weighted by molar-refractivity contribution is 6.31. The van der Waals surface area contributed by atoms with Crippen LogP contribution in [0.25, 0.3) is 0 Å². The summed E-state index contributed by atoms with van der Waals surface area (Å²) in [6.45, 7) is 6.20. The van der Waals surface area contributed by atoms with Gasteiger partial charge in [0.05, 0.1) is 11.4 Å². The van der Waals surface area contributed by atoms with E-state index in [0.29, 0.717) is 5.02 Å². The summed E-state index contributed by atoms with van der Waals surface area (Å²) in [6, 6.07) is 10.2. The number of aryl methyl sites for hydroxylation is 1. The first-order valence-electron chi connectivity index (χ1n) is 8.29. The van der Waals surface area contributed by atoms with Crippen LogP contribution in [0.1, 0.15) is 11.4 Å². The lowest BCUT2D eigenvalue weighted by Crippen LogP contribution is -2.48. The van der Waals surface area contributed by atoms with Crippen LogP contribution in [-0.2, 0) is 0 Å². The van der Waals surface area contributed by atoms with E-state index in [4.69, 9.17) is 16.6 Å². The molecule has 0 unspecified atom stereocenters. The van der Waals surface area contributed by atoms with Gasteiger partial charge < -0.3 is 9.80 Å². The molecule has 0 atom stereocenters. The molecule has 6 heteroatoms. The number of amidine groups is 1. The van der Waals surface area contributed by atoms with Crippen LogP contribution in [0.2, 0.25) is 5.02 Å². The molecular formula is C18H22ClN5. The topological polar surface area (TPSA) is 27.0 Å². The van der Waals surface area contributed by atoms with Crippen LogP contribution in [-0.4, -0.2) is 60.6 Å². The average Bonchev–Trinajstić information content (AvgIpc) is 2.89. The summed E-state index contributed by atoms with van der Waals surface area (Å²) in [5, 5.41) is 2.87. The van der Waals surface area contributed by atoms with Crippen LogP contribution in [0.15, 0.2) is 35.3 Å². The molecule has 1 saturated heterocycles. The first-order valence-corrected chi connectivity index (χ1v) is 8.67. The molecule has 24 heavy (non-hydrogen) atoms. The number of piperazine rings is 1. The highest BCUT2D eigenvalue weighted by Gasteiger charge is 2.27. The van der Waals surface area contributed by atoms with E-state index in [1.807, 2.05) is 18.2 Å². The normalized spacial score (nSPS) is 18.1. The highest BCUT2D eigenvalue weighted by atomic mass is 35.5. The van der Waals surface area contributed by atoms with Gasteiger partial charge in [-0.25, -0.2) is 4.99 Å². The van der Waals surface area contributed by atoms with Crippen molar-refractivity contribution < 1.29 is 0 Å². The number of aromatic nitrogens is 1. The minimum absolute atomic E-state index is 0.715. The molecule has 4 rings (SSSR count). The molecule has 0 saturated carbocycles. The maximum atomic E-state index is 6.23. The smallest absolute Gasteiger partial charge is 0.155 e. The van der Waals surface area contributed by atoms with E-state index < -0.39 is 0 Å². The van der Waals surface area contributed by atoms with Gasteiger partial charge in [-0.05, 0) is 44.3 Å². The van der Waals surface area contributed by atoms with Crippen molar-refractivity contribution in [1.29, 1.82) is 0 Å². The predicted molar refractivity (Wildman–Crippen MR) is 99.7 cm³/mol. The molecule has 0 aliphatic carbocycles. The zero-order valence-electron chi connectivity index (χ0n) is 14.3. The van der Waals surface area contributed by atoms with Gasteiger partial charge in [0.2, 0.25) is 0 Å². The van der Waals surface area contributed by atoms with E-state index in [1.165, 1.54) is 5.69 Å². The standard InChI is InChI=1S/C18H22ClN5/c1-13-4-6-17-18(23-10-8-21(2)9-11-23)20-15-12-14(19)5-7-16(15)22(3)24(13)17/h4-7,12H,8-11H2,1-3H3. The number of benzene rings is 1. The molecule has 1 aromatic carbocycles. The summed E-state index contributed by atoms with van der Waals surface area (Å²) in [6.07, 6.45) is 0. The van der Waals surface area contributed by atoms with E-state index in [1.54, 1.807) is 0 Å². The quantitative estimate of drug-likeness (QED) is 0.736. The van der Waals surface area contributed by atoms with Crippen LogP contribution in [0.5, 0.6) is 0 Å². The Morgan fingerprint density at radius 3 is 2.50 bits per heavy atom. The summed E-state index contributed by atoms with van der Waals surface area (Å²) < 4.78 is 2.23. The second-order valence-electron chi connectivity index (χ2n) is 6.55. The fourth-order valence-corrected chi connectivity index (χ4v) is 3.65. The zero-order valence-corrected chi connectivity index (χ0v) is 15.1. The molecule has 0 spiro atoms. The van der Waals surface area contributed by atoms with Crippen molar-refractivity contribution in [2.75, 3.05) is 45.3 Å². The summed E-state index contributed by atoms with van der Waals surface area (Å²) in [5.74, 6) is 1.03. The number of aliphatic imine (C=N–C) groups is 1. The number of halogens is 1. The Morgan fingerprint density at radius 2 is 1.75 bits per heavy atom. The van der Waals surface area contributed by atoms with Crippen molar-refractivity contribution in [3.63, 3.8) is 0 Å². The van der Waals surface area contributed by atoms with Crippen molar-refractivity contribution in [2.24, 2.45) is 4.99 Å². The lowest BCUT2D eigenvalue weighted by Gasteiger charge is -2.34. The van der Waals surface area contributed by atoms with Crippen molar-refractivity contribution in [3.8, 4) is 0 Å². The van der Waals surface area contributed by atoms with Crippen molar-refractivity contribution in [1.82, 2.24) is 14.5 Å². The Morgan fingerprint density at radius 1 is 1.00 bits per heavy atom. The molecular weight excluding hydrogens is 322 g/mol. The van der Waals surface area contributed by atoms with E-state index in [-0.39, 0.29) is 0 Å². The SMILES string of the molecule is Cc1ccc2n1N(C)c1ccc(Cl)cc1N=C2N1CCN(C)CC1. The maximum absolute atomic E-state index is 6.23. The molecule has 1 fully saturated rings. The number of anilines is 1. The van der Waals surface area contributed by atoms with Gasteiger partial charge in [-0.3, -0.25) is 9.69 Å². The molecule has 126 valence electrons. The summed E-state index contributed by atoms with van der Waals surface area (Å²) in [7, 11) is 4.24. The first-order chi connectivity index (χ1) is 11.5. The van der Waals surface area contributed by atoms with Gasteiger partial charge in [-0.15, -0.1) is 0 Å². The molecule has 0 bridgehead atoms. The van der Waals surface area contributed by atoms with Gasteiger partial charge in [-0.1, -0.05) is 11.6 Å². The van der Waals surface area contributed by atoms with Crippen LogP contribution in [0.4, 0.5) is 11.4 Å². The third-order valence-corrected chi connectivity index (χ3v) is 5.12. The highest BCUT2D eigenvalue weighted by Crippen LogP contribution is 2.35. The Hall–Kier alpha value is -1.98. The average molecular weight is 344 g/mol. The molecule has 5 nitrogen and oxygen atoms in total. The maximum Gasteiger partial charge on any atom is 0.155 e. The van der Waals surface area contributed by atoms with Gasteiger partial charge in [0.25, 0.3) is 0 Å². The van der Waals surface area contributed by atoms with E-state index in [0.717, 1.165) is 49.1 Å². The monoisotopic (exact) mass is 343 g/mol. The van der Waals surface area contributed by atoms with E-state index in [2.05, 4.69) is 52.6 Å². The Bertz CT molecular complexity index is 802. The molecule has 1 aromatic heterocycles. The predicted octanol–water partition coefficient (Wildman–Crippen LogP) is 2.99. The molecule has 0 radical (unpaired) electrons. The Labute approximate surface area is 147 Å². The van der Waals surface area contributed by atoms with E-state index >= 15 is 0 Å². The number of nitrogens with zero attached hydrogens (tertiary/aromatic N) is 5. The third kappa shape index (κ3) is 2.48. The fourth-order valence-electron chi connectivity index (χ4n) is 3.49. The minimum Gasteiger partial charge on any atom is -0.352 e. The minimum atomic E-state index is 0.715. The zero-order chi connectivity index (χ0) is 16.8. The Balaban J connectivity index is 1.88. The summed E-state index contributed by atoms with van der Waals surface area (Å²) >= 11 is 6.23. The lowest BCUT2D eigenvalue weighted by molar-refractivity contribution is 0.215. The summed E-state index contributed by atoms with van der Waals surface area (Å²) in [4.78, 5) is 9.77. The largest absolute Gasteiger partial charge is 0.352 e. The van der Waals surface area contributed by atoms with Crippen LogP contribution in [0, 0.1) is 6.92 Å². The Kier molecular flexibility index (Phi) is 3.77. The van der Waals surface area contributed by atoms with Crippen LogP contribution >= 0.6 is 11.6 Å². The van der Waals surface area contributed by atoms with Crippen LogP contribution < -0.4 is 5.01 Å². The first kappa shape index (κ1) is 15.5.